The van der Waals surface area contributed by atoms with Crippen LogP contribution in [0.1, 0.15) is 64.7 Å². The average molecular weight is 212 g/mol. The Kier molecular flexibility index (Phi) is 6.45. The van der Waals surface area contributed by atoms with Gasteiger partial charge in [-0.1, -0.05) is 51.4 Å². The Morgan fingerprint density at radius 1 is 1.13 bits per heavy atom. The molecule has 1 aliphatic rings. The second-order valence-corrected chi connectivity index (χ2v) is 4.69. The maximum atomic E-state index is 10.5. The monoisotopic (exact) mass is 212 g/mol. The van der Waals surface area contributed by atoms with Crippen LogP contribution in [0.25, 0.3) is 0 Å². The zero-order valence-electron chi connectivity index (χ0n) is 9.96. The van der Waals surface area contributed by atoms with E-state index in [4.69, 9.17) is 4.74 Å². The molecule has 0 atom stereocenters. The zero-order valence-corrected chi connectivity index (χ0v) is 9.96. The Hall–Kier alpha value is -0.530. The minimum absolute atomic E-state index is 0.151. The first-order valence-electron chi connectivity index (χ1n) is 6.42. The van der Waals surface area contributed by atoms with Crippen LogP contribution < -0.4 is 0 Å². The molecule has 0 heterocycles. The van der Waals surface area contributed by atoms with E-state index >= 15 is 0 Å². The molecule has 0 aromatic rings. The SMILES string of the molecule is CC(=O)OCCCCCC1CCCCC1. The number of carbonyl (C=O) groups excluding carboxylic acids is 1. The molecule has 0 radical (unpaired) electrons. The van der Waals surface area contributed by atoms with Crippen molar-refractivity contribution in [2.45, 2.75) is 64.7 Å². The molecule has 0 amide bonds. The van der Waals surface area contributed by atoms with Crippen LogP contribution in [0.2, 0.25) is 0 Å². The van der Waals surface area contributed by atoms with Gasteiger partial charge in [-0.3, -0.25) is 4.79 Å². The van der Waals surface area contributed by atoms with Gasteiger partial charge in [-0.15, -0.1) is 0 Å². The molecule has 0 aliphatic heterocycles. The summed E-state index contributed by atoms with van der Waals surface area (Å²) in [5.41, 5.74) is 0. The van der Waals surface area contributed by atoms with Gasteiger partial charge in [0.2, 0.25) is 0 Å². The van der Waals surface area contributed by atoms with Crippen molar-refractivity contribution >= 4 is 5.97 Å². The van der Waals surface area contributed by atoms with Crippen LogP contribution in [0, 0.1) is 5.92 Å². The van der Waals surface area contributed by atoms with E-state index in [1.165, 1.54) is 58.3 Å². The van der Waals surface area contributed by atoms with Gasteiger partial charge in [0.05, 0.1) is 6.61 Å². The van der Waals surface area contributed by atoms with Gasteiger partial charge >= 0.3 is 5.97 Å². The second-order valence-electron chi connectivity index (χ2n) is 4.69. The first-order chi connectivity index (χ1) is 7.29. The highest BCUT2D eigenvalue weighted by atomic mass is 16.5. The maximum Gasteiger partial charge on any atom is 0.302 e. The molecule has 1 fully saturated rings. The van der Waals surface area contributed by atoms with Crippen molar-refractivity contribution in [2.24, 2.45) is 5.92 Å². The summed E-state index contributed by atoms with van der Waals surface area (Å²) in [6, 6.07) is 0. The minimum atomic E-state index is -0.151. The summed E-state index contributed by atoms with van der Waals surface area (Å²) >= 11 is 0. The molecule has 1 rings (SSSR count). The molecule has 1 aliphatic carbocycles. The van der Waals surface area contributed by atoms with Gasteiger partial charge in [0.15, 0.2) is 0 Å². The fourth-order valence-electron chi connectivity index (χ4n) is 2.40. The third-order valence-electron chi connectivity index (χ3n) is 3.29. The highest BCUT2D eigenvalue weighted by Gasteiger charge is 2.12. The van der Waals surface area contributed by atoms with Gasteiger partial charge in [-0.2, -0.15) is 0 Å². The predicted molar refractivity (Wildman–Crippen MR) is 61.7 cm³/mol. The zero-order chi connectivity index (χ0) is 10.9. The number of esters is 1. The predicted octanol–water partition coefficient (Wildman–Crippen LogP) is 3.69. The summed E-state index contributed by atoms with van der Waals surface area (Å²) < 4.78 is 4.89. The third kappa shape index (κ3) is 6.53. The molecular weight excluding hydrogens is 188 g/mol. The van der Waals surface area contributed by atoms with Crippen molar-refractivity contribution in [3.8, 4) is 0 Å². The van der Waals surface area contributed by atoms with Crippen LogP contribution in [0.4, 0.5) is 0 Å². The minimum Gasteiger partial charge on any atom is -0.466 e. The molecule has 88 valence electrons. The molecule has 0 saturated heterocycles. The Morgan fingerprint density at radius 3 is 2.53 bits per heavy atom. The van der Waals surface area contributed by atoms with E-state index in [9.17, 15) is 4.79 Å². The smallest absolute Gasteiger partial charge is 0.302 e. The number of carbonyl (C=O) groups is 1. The van der Waals surface area contributed by atoms with Crippen molar-refractivity contribution in [1.29, 1.82) is 0 Å². The van der Waals surface area contributed by atoms with Crippen LogP contribution in [0.5, 0.6) is 0 Å². The first-order valence-corrected chi connectivity index (χ1v) is 6.42. The van der Waals surface area contributed by atoms with Crippen molar-refractivity contribution < 1.29 is 9.53 Å². The van der Waals surface area contributed by atoms with E-state index in [1.54, 1.807) is 0 Å². The Labute approximate surface area is 93.4 Å². The van der Waals surface area contributed by atoms with Gasteiger partial charge in [-0.25, -0.2) is 0 Å². The Bertz CT molecular complexity index is 171. The fraction of sp³-hybridized carbons (Fsp3) is 0.923. The molecule has 2 nitrogen and oxygen atoms in total. The lowest BCUT2D eigenvalue weighted by atomic mass is 9.86. The topological polar surface area (TPSA) is 26.3 Å². The third-order valence-corrected chi connectivity index (χ3v) is 3.29. The quantitative estimate of drug-likeness (QED) is 0.496. The Balaban J connectivity index is 1.85. The summed E-state index contributed by atoms with van der Waals surface area (Å²) in [5.74, 6) is 0.842. The van der Waals surface area contributed by atoms with Gasteiger partial charge < -0.3 is 4.74 Å². The highest BCUT2D eigenvalue weighted by Crippen LogP contribution is 2.27. The summed E-state index contributed by atoms with van der Waals surface area (Å²) in [6.07, 6.45) is 12.2. The summed E-state index contributed by atoms with van der Waals surface area (Å²) in [6.45, 7) is 2.09. The number of hydrogen-bond donors (Lipinski definition) is 0. The van der Waals surface area contributed by atoms with Crippen LogP contribution in [0.15, 0.2) is 0 Å². The van der Waals surface area contributed by atoms with Gasteiger partial charge in [-0.05, 0) is 12.3 Å². The summed E-state index contributed by atoms with van der Waals surface area (Å²) in [4.78, 5) is 10.5. The lowest BCUT2D eigenvalue weighted by Gasteiger charge is -2.21. The molecule has 0 aromatic carbocycles. The van der Waals surface area contributed by atoms with E-state index < -0.39 is 0 Å². The lowest BCUT2D eigenvalue weighted by molar-refractivity contribution is -0.141. The van der Waals surface area contributed by atoms with Crippen LogP contribution in [0.3, 0.4) is 0 Å². The molecular formula is C13H24O2. The largest absolute Gasteiger partial charge is 0.466 e. The Morgan fingerprint density at radius 2 is 1.87 bits per heavy atom. The second kappa shape index (κ2) is 7.72. The molecule has 0 bridgehead atoms. The normalized spacial score (nSPS) is 17.7. The maximum absolute atomic E-state index is 10.5. The van der Waals surface area contributed by atoms with E-state index in [0.717, 1.165) is 12.3 Å². The molecule has 0 unspecified atom stereocenters. The van der Waals surface area contributed by atoms with Crippen molar-refractivity contribution in [2.75, 3.05) is 6.61 Å². The fourth-order valence-corrected chi connectivity index (χ4v) is 2.40. The average Bonchev–Trinajstić information content (AvgIpc) is 2.24. The first kappa shape index (κ1) is 12.5. The highest BCUT2D eigenvalue weighted by molar-refractivity contribution is 5.65. The van der Waals surface area contributed by atoms with Gasteiger partial charge in [0, 0.05) is 6.92 Å². The standard InChI is InChI=1S/C13H24O2/c1-12(14)15-11-7-3-6-10-13-8-4-2-5-9-13/h13H,2-11H2,1H3. The van der Waals surface area contributed by atoms with E-state index in [2.05, 4.69) is 0 Å². The van der Waals surface area contributed by atoms with Crippen molar-refractivity contribution in [3.63, 3.8) is 0 Å². The van der Waals surface area contributed by atoms with Crippen LogP contribution >= 0.6 is 0 Å². The number of hydrogen-bond acceptors (Lipinski definition) is 2. The number of unbranched alkanes of at least 4 members (excludes halogenated alkanes) is 2. The van der Waals surface area contributed by atoms with Crippen molar-refractivity contribution in [1.82, 2.24) is 0 Å². The lowest BCUT2D eigenvalue weighted by Crippen LogP contribution is -2.06. The number of rotatable bonds is 6. The summed E-state index contributed by atoms with van der Waals surface area (Å²) in [7, 11) is 0. The molecule has 0 spiro atoms. The van der Waals surface area contributed by atoms with Crippen LogP contribution in [-0.4, -0.2) is 12.6 Å². The van der Waals surface area contributed by atoms with Crippen molar-refractivity contribution in [3.05, 3.63) is 0 Å². The molecule has 0 N–H and O–H groups in total. The number of ether oxygens (including phenoxy) is 1. The van der Waals surface area contributed by atoms with E-state index in [-0.39, 0.29) is 5.97 Å². The van der Waals surface area contributed by atoms with E-state index in [0.29, 0.717) is 6.61 Å². The molecule has 0 aromatic heterocycles. The molecule has 2 heteroatoms. The molecule has 15 heavy (non-hydrogen) atoms. The molecule has 1 saturated carbocycles. The van der Waals surface area contributed by atoms with Gasteiger partial charge in [0.25, 0.3) is 0 Å². The summed E-state index contributed by atoms with van der Waals surface area (Å²) in [5, 5.41) is 0. The van der Waals surface area contributed by atoms with Gasteiger partial charge in [0.1, 0.15) is 0 Å². The van der Waals surface area contributed by atoms with E-state index in [1.807, 2.05) is 0 Å². The van der Waals surface area contributed by atoms with Crippen LogP contribution in [-0.2, 0) is 9.53 Å².